The Morgan fingerprint density at radius 3 is 2.74 bits per heavy atom. The molecule has 1 aromatic carbocycles. The number of nitrogens with one attached hydrogen (secondary N) is 2. The monoisotopic (exact) mass is 343 g/mol. The van der Waals surface area contributed by atoms with Crippen molar-refractivity contribution in [3.8, 4) is 11.3 Å². The number of nitrogens with zero attached hydrogens (tertiary/aromatic N) is 1. The number of benzene rings is 1. The number of rotatable bonds is 1. The van der Waals surface area contributed by atoms with E-state index in [9.17, 15) is 18.0 Å². The first-order chi connectivity index (χ1) is 10.9. The van der Waals surface area contributed by atoms with Crippen LogP contribution in [0.5, 0.6) is 0 Å². The standard InChI is InChI=1S/C15H13ClF3N3O/c16-11-5-4-8(7-10(11)15(17,18)19)12-9-3-1-2-6-20-13(9)22-14(23)21-12/h4-5,7H,1-3,6H2,(H2,20,21,22,23). The Morgan fingerprint density at radius 1 is 1.22 bits per heavy atom. The van der Waals surface area contributed by atoms with Gasteiger partial charge >= 0.3 is 11.9 Å². The maximum atomic E-state index is 13.0. The van der Waals surface area contributed by atoms with E-state index in [-0.39, 0.29) is 10.6 Å². The van der Waals surface area contributed by atoms with Crippen molar-refractivity contribution in [3.63, 3.8) is 0 Å². The normalized spacial score (nSPS) is 14.8. The van der Waals surface area contributed by atoms with Gasteiger partial charge in [-0.25, -0.2) is 4.79 Å². The molecule has 0 radical (unpaired) electrons. The number of hydrogen-bond donors (Lipinski definition) is 2. The van der Waals surface area contributed by atoms with E-state index in [1.807, 2.05) is 0 Å². The van der Waals surface area contributed by atoms with Crippen molar-refractivity contribution in [2.75, 3.05) is 11.9 Å². The minimum Gasteiger partial charge on any atom is -0.370 e. The lowest BCUT2D eigenvalue weighted by Gasteiger charge is -2.14. The van der Waals surface area contributed by atoms with Gasteiger partial charge in [0.1, 0.15) is 5.82 Å². The van der Waals surface area contributed by atoms with E-state index in [4.69, 9.17) is 11.6 Å². The Morgan fingerprint density at radius 2 is 2.00 bits per heavy atom. The Labute approximate surface area is 134 Å². The summed E-state index contributed by atoms with van der Waals surface area (Å²) in [6, 6.07) is 3.61. The van der Waals surface area contributed by atoms with E-state index in [0.717, 1.165) is 24.5 Å². The number of alkyl halides is 3. The zero-order valence-corrected chi connectivity index (χ0v) is 12.7. The van der Waals surface area contributed by atoms with Gasteiger partial charge in [0.05, 0.1) is 16.3 Å². The molecule has 0 bridgehead atoms. The second kappa shape index (κ2) is 5.88. The number of halogens is 4. The molecule has 23 heavy (non-hydrogen) atoms. The number of hydrogen-bond acceptors (Lipinski definition) is 3. The third-order valence-electron chi connectivity index (χ3n) is 3.74. The van der Waals surface area contributed by atoms with Gasteiger partial charge in [-0.05, 0) is 37.0 Å². The lowest BCUT2D eigenvalue weighted by Crippen LogP contribution is -2.17. The fraction of sp³-hybridized carbons (Fsp3) is 0.333. The highest BCUT2D eigenvalue weighted by Crippen LogP contribution is 2.38. The zero-order valence-electron chi connectivity index (χ0n) is 11.9. The molecule has 2 N–H and O–H groups in total. The first kappa shape index (κ1) is 15.9. The molecule has 122 valence electrons. The van der Waals surface area contributed by atoms with Gasteiger partial charge in [0.15, 0.2) is 0 Å². The maximum absolute atomic E-state index is 13.0. The van der Waals surface area contributed by atoms with Crippen LogP contribution in [0.3, 0.4) is 0 Å². The van der Waals surface area contributed by atoms with E-state index in [0.29, 0.717) is 24.5 Å². The molecule has 0 spiro atoms. The molecule has 1 aromatic heterocycles. The Balaban J connectivity index is 2.20. The molecule has 0 saturated heterocycles. The minimum atomic E-state index is -4.56. The smallest absolute Gasteiger partial charge is 0.370 e. The van der Waals surface area contributed by atoms with Gasteiger partial charge in [0.2, 0.25) is 0 Å². The molecule has 0 amide bonds. The third kappa shape index (κ3) is 3.19. The van der Waals surface area contributed by atoms with Crippen LogP contribution >= 0.6 is 11.6 Å². The highest BCUT2D eigenvalue weighted by molar-refractivity contribution is 6.31. The van der Waals surface area contributed by atoms with Crippen LogP contribution in [0.25, 0.3) is 11.3 Å². The Hall–Kier alpha value is -2.02. The predicted molar refractivity (Wildman–Crippen MR) is 81.7 cm³/mol. The van der Waals surface area contributed by atoms with Gasteiger partial charge < -0.3 is 10.3 Å². The van der Waals surface area contributed by atoms with E-state index in [2.05, 4.69) is 15.3 Å². The van der Waals surface area contributed by atoms with Gasteiger partial charge in [0.25, 0.3) is 0 Å². The largest absolute Gasteiger partial charge is 0.417 e. The fourth-order valence-electron chi connectivity index (χ4n) is 2.67. The lowest BCUT2D eigenvalue weighted by atomic mass is 10.0. The molecule has 8 heteroatoms. The SMILES string of the molecule is O=c1nc2c(c(-c3ccc(Cl)c(C(F)(F)F)c3)[nH]1)CCCCN2. The van der Waals surface area contributed by atoms with Gasteiger partial charge in [0, 0.05) is 12.1 Å². The van der Waals surface area contributed by atoms with Crippen molar-refractivity contribution in [2.24, 2.45) is 0 Å². The summed E-state index contributed by atoms with van der Waals surface area (Å²) in [5, 5.41) is 2.68. The van der Waals surface area contributed by atoms with E-state index >= 15 is 0 Å². The molecule has 2 aromatic rings. The van der Waals surface area contributed by atoms with Crippen LogP contribution in [0, 0.1) is 0 Å². The number of fused-ring (bicyclic) bond motifs is 1. The van der Waals surface area contributed by atoms with Gasteiger partial charge in [-0.1, -0.05) is 17.7 Å². The maximum Gasteiger partial charge on any atom is 0.417 e. The molecule has 0 saturated carbocycles. The summed E-state index contributed by atoms with van der Waals surface area (Å²) in [6.07, 6.45) is -2.17. The van der Waals surface area contributed by atoms with Crippen LogP contribution in [-0.2, 0) is 12.6 Å². The van der Waals surface area contributed by atoms with Crippen molar-refractivity contribution < 1.29 is 13.2 Å². The van der Waals surface area contributed by atoms with Crippen molar-refractivity contribution in [1.29, 1.82) is 0 Å². The number of anilines is 1. The fourth-order valence-corrected chi connectivity index (χ4v) is 2.89. The van der Waals surface area contributed by atoms with Gasteiger partial charge in [-0.3, -0.25) is 0 Å². The first-order valence-electron chi connectivity index (χ1n) is 7.10. The number of aromatic amines is 1. The quantitative estimate of drug-likeness (QED) is 0.826. The highest BCUT2D eigenvalue weighted by Gasteiger charge is 2.33. The molecule has 3 rings (SSSR count). The minimum absolute atomic E-state index is 0.265. The zero-order chi connectivity index (χ0) is 16.6. The highest BCUT2D eigenvalue weighted by atomic mass is 35.5. The van der Waals surface area contributed by atoms with Crippen LogP contribution in [0.1, 0.15) is 24.0 Å². The third-order valence-corrected chi connectivity index (χ3v) is 4.07. The van der Waals surface area contributed by atoms with E-state index in [1.165, 1.54) is 12.1 Å². The molecule has 0 unspecified atom stereocenters. The number of aromatic nitrogens is 2. The Bertz CT molecular complexity index is 802. The van der Waals surface area contributed by atoms with Crippen molar-refractivity contribution in [2.45, 2.75) is 25.4 Å². The van der Waals surface area contributed by atoms with E-state index in [1.54, 1.807) is 0 Å². The molecule has 1 aliphatic heterocycles. The average Bonchev–Trinajstić information content (AvgIpc) is 2.71. The second-order valence-electron chi connectivity index (χ2n) is 5.32. The van der Waals surface area contributed by atoms with Crippen molar-refractivity contribution in [1.82, 2.24) is 9.97 Å². The molecule has 2 heterocycles. The number of H-pyrrole nitrogens is 1. The van der Waals surface area contributed by atoms with Crippen LogP contribution in [0.2, 0.25) is 5.02 Å². The molecular formula is C15H13ClF3N3O. The molecule has 0 atom stereocenters. The first-order valence-corrected chi connectivity index (χ1v) is 7.48. The van der Waals surface area contributed by atoms with Crippen LogP contribution in [0.15, 0.2) is 23.0 Å². The van der Waals surface area contributed by atoms with Crippen LogP contribution in [-0.4, -0.2) is 16.5 Å². The molecular weight excluding hydrogens is 331 g/mol. The van der Waals surface area contributed by atoms with Crippen LogP contribution in [0.4, 0.5) is 19.0 Å². The topological polar surface area (TPSA) is 57.8 Å². The summed E-state index contributed by atoms with van der Waals surface area (Å²) in [5.41, 5.74) is -0.184. The molecule has 4 nitrogen and oxygen atoms in total. The van der Waals surface area contributed by atoms with Crippen molar-refractivity contribution >= 4 is 17.4 Å². The van der Waals surface area contributed by atoms with Gasteiger partial charge in [-0.2, -0.15) is 18.2 Å². The average molecular weight is 344 g/mol. The summed E-state index contributed by atoms with van der Waals surface area (Å²) in [7, 11) is 0. The Kier molecular flexibility index (Phi) is 4.06. The second-order valence-corrected chi connectivity index (χ2v) is 5.73. The summed E-state index contributed by atoms with van der Waals surface area (Å²) >= 11 is 5.65. The molecule has 1 aliphatic rings. The lowest BCUT2D eigenvalue weighted by molar-refractivity contribution is -0.137. The summed E-state index contributed by atoms with van der Waals surface area (Å²) in [5.74, 6) is 0.435. The molecule has 0 fully saturated rings. The van der Waals surface area contributed by atoms with Gasteiger partial charge in [-0.15, -0.1) is 0 Å². The summed E-state index contributed by atoms with van der Waals surface area (Å²) < 4.78 is 39.1. The summed E-state index contributed by atoms with van der Waals surface area (Å²) in [4.78, 5) is 18.2. The molecule has 0 aliphatic carbocycles. The van der Waals surface area contributed by atoms with Crippen LogP contribution < -0.4 is 11.0 Å². The van der Waals surface area contributed by atoms with Crippen molar-refractivity contribution in [3.05, 3.63) is 44.8 Å². The summed E-state index contributed by atoms with van der Waals surface area (Å²) in [6.45, 7) is 0.678. The predicted octanol–water partition coefficient (Wildman–Crippen LogP) is 3.86. The van der Waals surface area contributed by atoms with E-state index < -0.39 is 17.4 Å².